The molecule has 0 aliphatic rings. The van der Waals surface area contributed by atoms with E-state index in [1.165, 1.54) is 116 Å². The van der Waals surface area contributed by atoms with E-state index in [4.69, 9.17) is 9.05 Å². The number of hydrogen-bond acceptors (Lipinski definition) is 7. The van der Waals surface area contributed by atoms with Crippen LogP contribution in [0, 0.1) is 0 Å². The standard InChI is InChI=1S/C40H80NO8P/c1-6-8-10-12-14-16-18-20-22-24-26-28-30-32-37(42)40(45,39(44)36-49-50(46,47)48-35-34-41(3,4)5)38(43)33-31-29-27-25-23-21-19-17-15-13-11-9-7-2/h39,44-45H,6-36H2,1-5H3/p+1/t39-/m0/s1. The van der Waals surface area contributed by atoms with Gasteiger partial charge in [0.1, 0.15) is 19.3 Å². The predicted octanol–water partition coefficient (Wildman–Crippen LogP) is 10.0. The first-order valence-electron chi connectivity index (χ1n) is 20.7. The third kappa shape index (κ3) is 27.0. The van der Waals surface area contributed by atoms with Gasteiger partial charge in [-0.2, -0.15) is 0 Å². The molecule has 10 heteroatoms. The van der Waals surface area contributed by atoms with Crippen LogP contribution in [0.2, 0.25) is 0 Å². The van der Waals surface area contributed by atoms with Crippen LogP contribution in [-0.2, 0) is 23.2 Å². The van der Waals surface area contributed by atoms with Gasteiger partial charge in [0.2, 0.25) is 5.60 Å². The highest BCUT2D eigenvalue weighted by Gasteiger charge is 2.49. The number of phosphoric ester groups is 1. The van der Waals surface area contributed by atoms with Gasteiger partial charge in [0.05, 0.1) is 27.7 Å². The van der Waals surface area contributed by atoms with Crippen molar-refractivity contribution in [2.45, 2.75) is 205 Å². The summed E-state index contributed by atoms with van der Waals surface area (Å²) < 4.78 is 22.9. The molecule has 298 valence electrons. The lowest BCUT2D eigenvalue weighted by molar-refractivity contribution is -0.870. The van der Waals surface area contributed by atoms with Crippen molar-refractivity contribution in [3.8, 4) is 0 Å². The minimum absolute atomic E-state index is 0.0492. The minimum atomic E-state index is -4.57. The number of aliphatic hydroxyl groups is 2. The van der Waals surface area contributed by atoms with Crippen molar-refractivity contribution in [1.82, 2.24) is 0 Å². The number of carbonyl (C=O) groups is 2. The van der Waals surface area contributed by atoms with Crippen LogP contribution in [0.25, 0.3) is 0 Å². The minimum Gasteiger partial charge on any atom is -0.387 e. The van der Waals surface area contributed by atoms with Crippen molar-refractivity contribution < 1.29 is 42.8 Å². The molecule has 0 aromatic heterocycles. The van der Waals surface area contributed by atoms with E-state index in [0.717, 1.165) is 38.5 Å². The summed E-state index contributed by atoms with van der Waals surface area (Å²) in [5.41, 5.74) is -2.68. The van der Waals surface area contributed by atoms with Crippen LogP contribution >= 0.6 is 7.82 Å². The fourth-order valence-electron chi connectivity index (χ4n) is 6.27. The van der Waals surface area contributed by atoms with Crippen LogP contribution in [0.5, 0.6) is 0 Å². The van der Waals surface area contributed by atoms with Gasteiger partial charge in [0.25, 0.3) is 0 Å². The normalized spacial score (nSPS) is 14.2. The Hall–Kier alpha value is -0.670. The topological polar surface area (TPSA) is 130 Å². The van der Waals surface area contributed by atoms with E-state index in [-0.39, 0.29) is 19.4 Å². The summed E-state index contributed by atoms with van der Waals surface area (Å²) in [4.78, 5) is 36.8. The molecule has 1 unspecified atom stereocenters. The molecule has 0 aliphatic carbocycles. The van der Waals surface area contributed by atoms with Crippen molar-refractivity contribution in [1.29, 1.82) is 0 Å². The van der Waals surface area contributed by atoms with Crippen LogP contribution in [0.4, 0.5) is 0 Å². The first kappa shape index (κ1) is 49.3. The number of rotatable bonds is 38. The SMILES string of the molecule is CCCCCCCCCCCCCCCC(=O)C(O)(C(=O)CCCCCCCCCCCCCCC)[C@@H](O)COP(=O)(O)OCC[N+](C)(C)C. The smallest absolute Gasteiger partial charge is 0.387 e. The van der Waals surface area contributed by atoms with E-state index in [9.17, 15) is 29.3 Å². The van der Waals surface area contributed by atoms with Gasteiger partial charge >= 0.3 is 7.82 Å². The van der Waals surface area contributed by atoms with E-state index < -0.39 is 37.7 Å². The molecule has 0 heterocycles. The first-order valence-corrected chi connectivity index (χ1v) is 22.2. The van der Waals surface area contributed by atoms with Gasteiger partial charge in [-0.25, -0.2) is 4.57 Å². The number of ketones is 2. The quantitative estimate of drug-likeness (QED) is 0.0247. The number of hydrogen-bond donors (Lipinski definition) is 3. The maximum Gasteiger partial charge on any atom is 0.472 e. The van der Waals surface area contributed by atoms with Gasteiger partial charge < -0.3 is 19.6 Å². The molecule has 0 saturated heterocycles. The average molecular weight is 735 g/mol. The summed E-state index contributed by atoms with van der Waals surface area (Å²) in [6, 6.07) is 0. The Morgan fingerprint density at radius 2 is 0.880 bits per heavy atom. The zero-order valence-electron chi connectivity index (χ0n) is 33.3. The van der Waals surface area contributed by atoms with E-state index in [2.05, 4.69) is 13.8 Å². The number of unbranched alkanes of at least 4 members (excludes halogenated alkanes) is 24. The van der Waals surface area contributed by atoms with Crippen molar-refractivity contribution in [2.75, 3.05) is 40.9 Å². The molecular formula is C40H81NO8P+. The lowest BCUT2D eigenvalue weighted by atomic mass is 9.82. The third-order valence-electron chi connectivity index (χ3n) is 9.76. The predicted molar refractivity (Wildman–Crippen MR) is 206 cm³/mol. The zero-order valence-corrected chi connectivity index (χ0v) is 34.2. The van der Waals surface area contributed by atoms with E-state index >= 15 is 0 Å². The molecule has 0 rings (SSSR count). The molecule has 0 spiro atoms. The van der Waals surface area contributed by atoms with Gasteiger partial charge in [-0.15, -0.1) is 0 Å². The highest BCUT2D eigenvalue weighted by atomic mass is 31.2. The number of phosphoric acid groups is 1. The fraction of sp³-hybridized carbons (Fsp3) is 0.950. The lowest BCUT2D eigenvalue weighted by Crippen LogP contribution is -2.57. The van der Waals surface area contributed by atoms with Crippen molar-refractivity contribution >= 4 is 19.4 Å². The Balaban J connectivity index is 4.77. The first-order chi connectivity index (χ1) is 23.8. The molecular weight excluding hydrogens is 653 g/mol. The number of Topliss-reactive ketones (excluding diaryl/α,β-unsaturated/α-hetero) is 2. The van der Waals surface area contributed by atoms with Crippen molar-refractivity contribution in [3.63, 3.8) is 0 Å². The second-order valence-corrected chi connectivity index (χ2v) is 17.2. The molecule has 0 fully saturated rings. The van der Waals surface area contributed by atoms with E-state index in [1.54, 1.807) is 0 Å². The molecule has 0 aromatic rings. The number of aliphatic hydroxyl groups excluding tert-OH is 1. The zero-order chi connectivity index (χ0) is 37.6. The molecule has 9 nitrogen and oxygen atoms in total. The maximum atomic E-state index is 13.3. The largest absolute Gasteiger partial charge is 0.472 e. The fourth-order valence-corrected chi connectivity index (χ4v) is 6.98. The molecule has 3 N–H and O–H groups in total. The second-order valence-electron chi connectivity index (χ2n) is 15.7. The number of quaternary nitrogens is 1. The Morgan fingerprint density at radius 1 is 0.580 bits per heavy atom. The summed E-state index contributed by atoms with van der Waals surface area (Å²) >= 11 is 0. The van der Waals surface area contributed by atoms with Crippen LogP contribution in [-0.4, -0.2) is 83.8 Å². The summed E-state index contributed by atoms with van der Waals surface area (Å²) in [5.74, 6) is -1.51. The number of nitrogens with zero attached hydrogens (tertiary/aromatic N) is 1. The Morgan fingerprint density at radius 3 is 1.18 bits per heavy atom. The summed E-state index contributed by atoms with van der Waals surface area (Å²) in [6.45, 7) is 3.98. The van der Waals surface area contributed by atoms with E-state index in [0.29, 0.717) is 23.9 Å². The third-order valence-corrected chi connectivity index (χ3v) is 10.7. The summed E-state index contributed by atoms with van der Waals surface area (Å²) in [7, 11) is 1.15. The van der Waals surface area contributed by atoms with Gasteiger partial charge in [0, 0.05) is 12.8 Å². The summed E-state index contributed by atoms with van der Waals surface area (Å²) in [6.07, 6.45) is 27.7. The van der Waals surface area contributed by atoms with Gasteiger partial charge in [-0.1, -0.05) is 168 Å². The molecule has 0 amide bonds. The average Bonchev–Trinajstić information content (AvgIpc) is 3.06. The molecule has 0 aliphatic heterocycles. The molecule has 0 saturated carbocycles. The number of likely N-dealkylation sites (N-methyl/N-ethyl adjacent to an activating group) is 1. The number of carbonyl (C=O) groups excluding carboxylic acids is 2. The Bertz CT molecular complexity index is 836. The van der Waals surface area contributed by atoms with Crippen molar-refractivity contribution in [2.24, 2.45) is 0 Å². The second kappa shape index (κ2) is 30.8. The molecule has 50 heavy (non-hydrogen) atoms. The maximum absolute atomic E-state index is 13.3. The highest BCUT2D eigenvalue weighted by molar-refractivity contribution is 7.47. The molecule has 0 aromatic carbocycles. The van der Waals surface area contributed by atoms with Crippen molar-refractivity contribution in [3.05, 3.63) is 0 Å². The molecule has 2 atom stereocenters. The van der Waals surface area contributed by atoms with Crippen LogP contribution in [0.3, 0.4) is 0 Å². The van der Waals surface area contributed by atoms with Gasteiger partial charge in [-0.05, 0) is 12.8 Å². The molecule has 0 radical (unpaired) electrons. The van der Waals surface area contributed by atoms with Crippen LogP contribution in [0.1, 0.15) is 194 Å². The van der Waals surface area contributed by atoms with Gasteiger partial charge in [0.15, 0.2) is 11.6 Å². The summed E-state index contributed by atoms with van der Waals surface area (Å²) in [5, 5.41) is 22.4. The van der Waals surface area contributed by atoms with Gasteiger partial charge in [-0.3, -0.25) is 18.6 Å². The van der Waals surface area contributed by atoms with Crippen LogP contribution in [0.15, 0.2) is 0 Å². The Labute approximate surface area is 307 Å². The Kier molecular flexibility index (Phi) is 30.3. The highest BCUT2D eigenvalue weighted by Crippen LogP contribution is 2.43. The lowest BCUT2D eigenvalue weighted by Gasteiger charge is -2.30. The monoisotopic (exact) mass is 735 g/mol. The van der Waals surface area contributed by atoms with E-state index in [1.807, 2.05) is 21.1 Å². The van der Waals surface area contributed by atoms with Crippen LogP contribution < -0.4 is 0 Å². The molecule has 0 bridgehead atoms.